The topological polar surface area (TPSA) is 93.4 Å². The molecule has 0 amide bonds. The van der Waals surface area contributed by atoms with Crippen LogP contribution < -0.4 is 10.1 Å². The summed E-state index contributed by atoms with van der Waals surface area (Å²) in [5.74, 6) is 0.180. The van der Waals surface area contributed by atoms with Gasteiger partial charge in [-0.05, 0) is 25.9 Å². The fourth-order valence-electron chi connectivity index (χ4n) is 2.09. The van der Waals surface area contributed by atoms with Crippen LogP contribution >= 0.6 is 0 Å². The molecule has 1 aromatic heterocycles. The predicted molar refractivity (Wildman–Crippen MR) is 69.4 cm³/mol. The summed E-state index contributed by atoms with van der Waals surface area (Å²) in [6.07, 6.45) is 3.67. The normalized spacial score (nSPS) is 15.4. The van der Waals surface area contributed by atoms with E-state index >= 15 is 0 Å². The number of likely N-dealkylation sites (tertiary alicyclic amines) is 1. The van der Waals surface area contributed by atoms with E-state index in [-0.39, 0.29) is 17.4 Å². The van der Waals surface area contributed by atoms with Crippen LogP contribution in [0.4, 0.5) is 11.5 Å². The molecule has 0 aliphatic carbocycles. The summed E-state index contributed by atoms with van der Waals surface area (Å²) < 4.78 is 5.43. The van der Waals surface area contributed by atoms with Crippen molar-refractivity contribution in [2.45, 2.75) is 12.8 Å². The Morgan fingerprint density at radius 2 is 2.21 bits per heavy atom. The molecule has 0 bridgehead atoms. The third-order valence-corrected chi connectivity index (χ3v) is 3.05. The zero-order valence-corrected chi connectivity index (χ0v) is 10.8. The van der Waals surface area contributed by atoms with Crippen LogP contribution in [0.15, 0.2) is 6.33 Å². The quantitative estimate of drug-likeness (QED) is 0.604. The fraction of sp³-hybridized carbons (Fsp3) is 0.636. The van der Waals surface area contributed by atoms with E-state index in [1.807, 2.05) is 0 Å². The van der Waals surface area contributed by atoms with Gasteiger partial charge in [-0.3, -0.25) is 15.0 Å². The molecule has 2 rings (SSSR count). The molecular weight excluding hydrogens is 250 g/mol. The molecule has 0 aromatic carbocycles. The maximum atomic E-state index is 11.0. The molecule has 0 saturated carbocycles. The Labute approximate surface area is 110 Å². The third-order valence-electron chi connectivity index (χ3n) is 3.05. The number of nitrogens with zero attached hydrogens (tertiary/aromatic N) is 4. The maximum Gasteiger partial charge on any atom is 0.372 e. The zero-order chi connectivity index (χ0) is 13.7. The molecule has 1 fully saturated rings. The smallest absolute Gasteiger partial charge is 0.372 e. The molecule has 1 saturated heterocycles. The molecule has 2 heterocycles. The van der Waals surface area contributed by atoms with E-state index in [2.05, 4.69) is 20.2 Å². The van der Waals surface area contributed by atoms with E-state index in [1.165, 1.54) is 19.2 Å². The lowest BCUT2D eigenvalue weighted by molar-refractivity contribution is -0.385. The molecule has 1 N–H and O–H groups in total. The third kappa shape index (κ3) is 3.28. The predicted octanol–water partition coefficient (Wildman–Crippen LogP) is 0.901. The van der Waals surface area contributed by atoms with E-state index in [0.29, 0.717) is 6.61 Å². The van der Waals surface area contributed by atoms with Gasteiger partial charge in [-0.2, -0.15) is 4.98 Å². The van der Waals surface area contributed by atoms with Crippen molar-refractivity contribution >= 4 is 11.5 Å². The lowest BCUT2D eigenvalue weighted by Gasteiger charge is -2.14. The number of rotatable bonds is 6. The van der Waals surface area contributed by atoms with Crippen LogP contribution in [-0.2, 0) is 0 Å². The highest BCUT2D eigenvalue weighted by atomic mass is 16.6. The van der Waals surface area contributed by atoms with E-state index < -0.39 is 4.92 Å². The van der Waals surface area contributed by atoms with Gasteiger partial charge in [0.1, 0.15) is 12.9 Å². The van der Waals surface area contributed by atoms with Gasteiger partial charge in [0.2, 0.25) is 5.82 Å². The Morgan fingerprint density at radius 1 is 1.47 bits per heavy atom. The largest absolute Gasteiger partial charge is 0.471 e. The van der Waals surface area contributed by atoms with Gasteiger partial charge in [0.15, 0.2) is 0 Å². The first-order chi connectivity index (χ1) is 9.22. The van der Waals surface area contributed by atoms with E-state index in [1.54, 1.807) is 7.05 Å². The van der Waals surface area contributed by atoms with Crippen molar-refractivity contribution < 1.29 is 9.66 Å². The van der Waals surface area contributed by atoms with Crippen LogP contribution in [0.1, 0.15) is 12.8 Å². The Balaban J connectivity index is 2.00. The molecule has 1 aromatic rings. The molecular formula is C11H17N5O3. The van der Waals surface area contributed by atoms with Crippen LogP contribution in [0.3, 0.4) is 0 Å². The van der Waals surface area contributed by atoms with Gasteiger partial charge in [0.25, 0.3) is 5.88 Å². The number of anilines is 1. The molecule has 0 radical (unpaired) electrons. The van der Waals surface area contributed by atoms with Crippen molar-refractivity contribution in [1.82, 2.24) is 14.9 Å². The number of hydrogen-bond acceptors (Lipinski definition) is 7. The number of ether oxygens (including phenoxy) is 1. The molecule has 104 valence electrons. The first kappa shape index (κ1) is 13.5. The molecule has 0 unspecified atom stereocenters. The monoisotopic (exact) mass is 267 g/mol. The summed E-state index contributed by atoms with van der Waals surface area (Å²) in [5.41, 5.74) is -0.216. The van der Waals surface area contributed by atoms with Crippen molar-refractivity contribution in [3.63, 3.8) is 0 Å². The van der Waals surface area contributed by atoms with Crippen molar-refractivity contribution in [2.75, 3.05) is 38.6 Å². The van der Waals surface area contributed by atoms with E-state index in [0.717, 1.165) is 19.6 Å². The Morgan fingerprint density at radius 3 is 2.84 bits per heavy atom. The Hall–Kier alpha value is -1.96. The SMILES string of the molecule is CNc1ncnc(OCCN2CCCC2)c1[N+](=O)[O-]. The second-order valence-corrected chi connectivity index (χ2v) is 4.28. The molecule has 1 aliphatic heterocycles. The maximum absolute atomic E-state index is 11.0. The summed E-state index contributed by atoms with van der Waals surface area (Å²) in [6, 6.07) is 0. The minimum absolute atomic E-state index is 0.0172. The first-order valence-electron chi connectivity index (χ1n) is 6.24. The summed E-state index contributed by atoms with van der Waals surface area (Å²) in [7, 11) is 1.57. The second-order valence-electron chi connectivity index (χ2n) is 4.28. The number of hydrogen-bond donors (Lipinski definition) is 1. The summed E-state index contributed by atoms with van der Waals surface area (Å²) in [5, 5.41) is 13.7. The molecule has 8 nitrogen and oxygen atoms in total. The highest BCUT2D eigenvalue weighted by Crippen LogP contribution is 2.30. The van der Waals surface area contributed by atoms with Crippen LogP contribution in [0, 0.1) is 10.1 Å². The molecule has 0 atom stereocenters. The van der Waals surface area contributed by atoms with Gasteiger partial charge in [-0.15, -0.1) is 0 Å². The average molecular weight is 267 g/mol. The van der Waals surface area contributed by atoms with Crippen molar-refractivity contribution in [3.8, 4) is 5.88 Å². The van der Waals surface area contributed by atoms with Crippen LogP contribution in [0.25, 0.3) is 0 Å². The van der Waals surface area contributed by atoms with Crippen molar-refractivity contribution in [3.05, 3.63) is 16.4 Å². The number of aromatic nitrogens is 2. The highest BCUT2D eigenvalue weighted by Gasteiger charge is 2.23. The summed E-state index contributed by atoms with van der Waals surface area (Å²) in [4.78, 5) is 20.4. The standard InChI is InChI=1S/C11H17N5O3/c1-12-10-9(16(17)18)11(14-8-13-10)19-7-6-15-4-2-3-5-15/h8H,2-7H2,1H3,(H,12,13,14). The summed E-state index contributed by atoms with van der Waals surface area (Å²) in [6.45, 7) is 3.28. The van der Waals surface area contributed by atoms with Gasteiger partial charge >= 0.3 is 5.69 Å². The Kier molecular flexibility index (Phi) is 4.45. The molecule has 0 spiro atoms. The van der Waals surface area contributed by atoms with Crippen LogP contribution in [-0.4, -0.2) is 53.1 Å². The van der Waals surface area contributed by atoms with Gasteiger partial charge in [-0.25, -0.2) is 4.98 Å². The van der Waals surface area contributed by atoms with Gasteiger partial charge in [0, 0.05) is 13.6 Å². The lowest BCUT2D eigenvalue weighted by Crippen LogP contribution is -2.25. The van der Waals surface area contributed by atoms with Crippen molar-refractivity contribution in [1.29, 1.82) is 0 Å². The minimum atomic E-state index is -0.531. The minimum Gasteiger partial charge on any atom is -0.471 e. The van der Waals surface area contributed by atoms with Crippen molar-refractivity contribution in [2.24, 2.45) is 0 Å². The van der Waals surface area contributed by atoms with E-state index in [4.69, 9.17) is 4.74 Å². The number of nitrogens with one attached hydrogen (secondary N) is 1. The molecule has 8 heteroatoms. The lowest BCUT2D eigenvalue weighted by atomic mass is 10.4. The van der Waals surface area contributed by atoms with E-state index in [9.17, 15) is 10.1 Å². The first-order valence-corrected chi connectivity index (χ1v) is 6.24. The van der Waals surface area contributed by atoms with Gasteiger partial charge in [0.05, 0.1) is 4.92 Å². The fourth-order valence-corrected chi connectivity index (χ4v) is 2.09. The van der Waals surface area contributed by atoms with Crippen LogP contribution in [0.2, 0.25) is 0 Å². The molecule has 19 heavy (non-hydrogen) atoms. The number of nitro groups is 1. The van der Waals surface area contributed by atoms with Gasteiger partial charge < -0.3 is 10.1 Å². The van der Waals surface area contributed by atoms with Crippen LogP contribution in [0.5, 0.6) is 5.88 Å². The summed E-state index contributed by atoms with van der Waals surface area (Å²) >= 11 is 0. The Bertz CT molecular complexity index is 448. The zero-order valence-electron chi connectivity index (χ0n) is 10.8. The average Bonchev–Trinajstić information content (AvgIpc) is 2.91. The highest BCUT2D eigenvalue weighted by molar-refractivity contribution is 5.60. The second kappa shape index (κ2) is 6.28. The molecule has 1 aliphatic rings. The van der Waals surface area contributed by atoms with Gasteiger partial charge in [-0.1, -0.05) is 0 Å².